The van der Waals surface area contributed by atoms with Gasteiger partial charge in [0.05, 0.1) is 35.8 Å². The molecule has 1 N–H and O–H groups in total. The number of amides is 3. The predicted octanol–water partition coefficient (Wildman–Crippen LogP) is 4.28. The molecule has 42 heavy (non-hydrogen) atoms. The van der Waals surface area contributed by atoms with Gasteiger partial charge in [-0.15, -0.1) is 11.8 Å². The molecule has 228 valence electrons. The van der Waals surface area contributed by atoms with Gasteiger partial charge in [-0.3, -0.25) is 14.4 Å². The molecule has 5 rings (SSSR count). The molecule has 7 atom stereocenters. The Morgan fingerprint density at radius 3 is 2.26 bits per heavy atom. The fraction of sp³-hybridized carbons (Fsp3) is 0.606. The summed E-state index contributed by atoms with van der Waals surface area (Å²) >= 11 is 1.57. The van der Waals surface area contributed by atoms with E-state index in [4.69, 9.17) is 4.74 Å². The highest BCUT2D eigenvalue weighted by atomic mass is 32.2. The molecular formula is C33H45N3O5S. The van der Waals surface area contributed by atoms with Crippen molar-refractivity contribution in [1.29, 1.82) is 0 Å². The van der Waals surface area contributed by atoms with Crippen LogP contribution in [0.25, 0.3) is 0 Å². The molecule has 2 saturated heterocycles. The number of nitrogens with zero attached hydrogens (tertiary/aromatic N) is 3. The Morgan fingerprint density at radius 1 is 1.00 bits per heavy atom. The van der Waals surface area contributed by atoms with Crippen LogP contribution in [-0.2, 0) is 14.4 Å². The Kier molecular flexibility index (Phi) is 8.07. The summed E-state index contributed by atoms with van der Waals surface area (Å²) in [4.78, 5) is 49.3. The fourth-order valence-electron chi connectivity index (χ4n) is 7.36. The van der Waals surface area contributed by atoms with Crippen LogP contribution in [0.4, 0.5) is 5.69 Å². The van der Waals surface area contributed by atoms with Crippen LogP contribution in [0.3, 0.4) is 0 Å². The second kappa shape index (κ2) is 11.1. The van der Waals surface area contributed by atoms with Crippen LogP contribution in [0.5, 0.6) is 5.75 Å². The van der Waals surface area contributed by atoms with E-state index < -0.39 is 39.0 Å². The molecule has 4 heterocycles. The number of ether oxygens (including phenoxy) is 1. The van der Waals surface area contributed by atoms with Crippen molar-refractivity contribution in [2.75, 3.05) is 31.2 Å². The van der Waals surface area contributed by atoms with Gasteiger partial charge in [0.2, 0.25) is 17.7 Å². The maximum atomic E-state index is 14.8. The molecule has 1 aromatic rings. The lowest BCUT2D eigenvalue weighted by Gasteiger charge is -2.43. The Bertz CT molecular complexity index is 1290. The number of aliphatic hydroxyl groups is 1. The lowest BCUT2D eigenvalue weighted by Crippen LogP contribution is -2.60. The lowest BCUT2D eigenvalue weighted by atomic mass is 9.74. The van der Waals surface area contributed by atoms with E-state index in [2.05, 4.69) is 6.08 Å². The highest BCUT2D eigenvalue weighted by Gasteiger charge is 2.75. The van der Waals surface area contributed by atoms with Gasteiger partial charge in [-0.05, 0) is 64.8 Å². The molecule has 0 saturated carbocycles. The van der Waals surface area contributed by atoms with Crippen molar-refractivity contribution in [2.45, 2.75) is 82.0 Å². The number of fused-ring (bicyclic) bond motifs is 2. The molecule has 0 bridgehead atoms. The van der Waals surface area contributed by atoms with Gasteiger partial charge in [0, 0.05) is 29.1 Å². The van der Waals surface area contributed by atoms with Crippen LogP contribution in [0.1, 0.15) is 54.9 Å². The number of likely N-dealkylation sites (tertiary alicyclic amines) is 1. The monoisotopic (exact) mass is 595 g/mol. The van der Waals surface area contributed by atoms with Gasteiger partial charge >= 0.3 is 0 Å². The van der Waals surface area contributed by atoms with Crippen molar-refractivity contribution >= 4 is 35.2 Å². The van der Waals surface area contributed by atoms with Gasteiger partial charge in [-0.2, -0.15) is 0 Å². The zero-order chi connectivity index (χ0) is 30.6. The molecular weight excluding hydrogens is 550 g/mol. The predicted molar refractivity (Wildman–Crippen MR) is 166 cm³/mol. The van der Waals surface area contributed by atoms with Gasteiger partial charge in [-0.1, -0.05) is 44.6 Å². The van der Waals surface area contributed by atoms with E-state index in [0.29, 0.717) is 19.7 Å². The van der Waals surface area contributed by atoms with Crippen molar-refractivity contribution in [2.24, 2.45) is 17.8 Å². The van der Waals surface area contributed by atoms with Gasteiger partial charge in [0.1, 0.15) is 11.8 Å². The normalized spacial score (nSPS) is 32.3. The largest absolute Gasteiger partial charge is 0.494 e. The maximum absolute atomic E-state index is 14.8. The summed E-state index contributed by atoms with van der Waals surface area (Å²) in [5, 5.41) is 10.6. The average molecular weight is 596 g/mol. The minimum absolute atomic E-state index is 0.0283. The van der Waals surface area contributed by atoms with Crippen LogP contribution in [0.15, 0.2) is 48.6 Å². The number of hydrogen-bond donors (Lipinski definition) is 1. The summed E-state index contributed by atoms with van der Waals surface area (Å²) < 4.78 is 3.96. The van der Waals surface area contributed by atoms with Crippen molar-refractivity contribution in [3.8, 4) is 5.75 Å². The second-order valence-electron chi connectivity index (χ2n) is 13.2. The van der Waals surface area contributed by atoms with Crippen molar-refractivity contribution in [3.05, 3.63) is 48.6 Å². The molecule has 1 aromatic carbocycles. The molecule has 0 aromatic heterocycles. The standard InChI is InChI=1S/C33H45N3O5S/c1-8-21(3)24(20-37)36-27-30(40)35(31(4,5)6)19-11-17-33(27)26(29(36)39)25-28(38)34(18-10-16-32(25,7)42-33)22-12-14-23(15-13-22)41-9-2/h10-17,21,24-27,37H,8-9,18-20H2,1-7H3/t21-,24-,25-,26-,27?,32+,33-/m0/s1. The Labute approximate surface area is 254 Å². The van der Waals surface area contributed by atoms with E-state index >= 15 is 0 Å². The first kappa shape index (κ1) is 30.7. The van der Waals surface area contributed by atoms with Gasteiger partial charge < -0.3 is 24.5 Å². The van der Waals surface area contributed by atoms with E-state index in [-0.39, 0.29) is 30.2 Å². The molecule has 1 spiro atoms. The number of carbonyl (C=O) groups excluding carboxylic acids is 3. The highest BCUT2D eigenvalue weighted by molar-refractivity contribution is 8.02. The Hall–Kier alpha value is -2.78. The number of benzene rings is 1. The summed E-state index contributed by atoms with van der Waals surface area (Å²) in [6.07, 6.45) is 8.87. The zero-order valence-electron chi connectivity index (χ0n) is 25.9. The Morgan fingerprint density at radius 2 is 1.67 bits per heavy atom. The molecule has 4 aliphatic rings. The quantitative estimate of drug-likeness (QED) is 0.474. The van der Waals surface area contributed by atoms with Crippen LogP contribution >= 0.6 is 11.8 Å². The summed E-state index contributed by atoms with van der Waals surface area (Å²) in [5.74, 6) is -1.22. The summed E-state index contributed by atoms with van der Waals surface area (Å²) in [6, 6.07) is 6.11. The van der Waals surface area contributed by atoms with Crippen molar-refractivity contribution in [1.82, 2.24) is 9.80 Å². The highest BCUT2D eigenvalue weighted by Crippen LogP contribution is 2.66. The van der Waals surface area contributed by atoms with Gasteiger partial charge in [-0.25, -0.2) is 0 Å². The molecule has 3 amide bonds. The molecule has 0 radical (unpaired) electrons. The van der Waals surface area contributed by atoms with Crippen molar-refractivity contribution < 1.29 is 24.2 Å². The van der Waals surface area contributed by atoms with E-state index in [9.17, 15) is 19.5 Å². The maximum Gasteiger partial charge on any atom is 0.247 e. The van der Waals surface area contributed by atoms with Crippen LogP contribution < -0.4 is 9.64 Å². The molecule has 4 aliphatic heterocycles. The smallest absolute Gasteiger partial charge is 0.247 e. The van der Waals surface area contributed by atoms with E-state index in [1.165, 1.54) is 0 Å². The number of thioether (sulfide) groups is 1. The van der Waals surface area contributed by atoms with Crippen LogP contribution in [0, 0.1) is 17.8 Å². The SMILES string of the molecule is CCOc1ccc(N2CC=C[C@@]3(C)S[C@]45C=CCN(C(C)(C)C)C(=O)C4N([C@@H](CO)[C@@H](C)CC)C(=O)[C@@H]5[C@H]3C2=O)cc1. The molecule has 9 heteroatoms. The topological polar surface area (TPSA) is 90.4 Å². The van der Waals surface area contributed by atoms with E-state index in [1.54, 1.807) is 21.6 Å². The van der Waals surface area contributed by atoms with E-state index in [0.717, 1.165) is 17.9 Å². The third kappa shape index (κ3) is 4.67. The Balaban J connectivity index is 1.64. The second-order valence-corrected chi connectivity index (χ2v) is 15.0. The zero-order valence-corrected chi connectivity index (χ0v) is 26.7. The minimum atomic E-state index is -0.948. The molecule has 0 aliphatic carbocycles. The number of rotatable bonds is 7. The number of aliphatic hydroxyl groups excluding tert-OH is 1. The summed E-state index contributed by atoms with van der Waals surface area (Å²) in [6.45, 7) is 15.1. The molecule has 1 unspecified atom stereocenters. The number of anilines is 1. The molecule has 8 nitrogen and oxygen atoms in total. The average Bonchev–Trinajstić information content (AvgIpc) is 3.20. The van der Waals surface area contributed by atoms with Gasteiger partial charge in [0.25, 0.3) is 0 Å². The third-order valence-electron chi connectivity index (χ3n) is 9.61. The van der Waals surface area contributed by atoms with Crippen molar-refractivity contribution in [3.63, 3.8) is 0 Å². The first-order valence-corrected chi connectivity index (χ1v) is 16.0. The summed E-state index contributed by atoms with van der Waals surface area (Å²) in [7, 11) is 0. The lowest BCUT2D eigenvalue weighted by molar-refractivity contribution is -0.149. The fourth-order valence-corrected chi connectivity index (χ4v) is 9.50. The van der Waals surface area contributed by atoms with Crippen LogP contribution in [0.2, 0.25) is 0 Å². The minimum Gasteiger partial charge on any atom is -0.494 e. The number of hydrogen-bond acceptors (Lipinski definition) is 6. The third-order valence-corrected chi connectivity index (χ3v) is 11.4. The molecule has 2 fully saturated rings. The van der Waals surface area contributed by atoms with Crippen LogP contribution in [-0.4, -0.2) is 86.0 Å². The van der Waals surface area contributed by atoms with E-state index in [1.807, 2.05) is 95.9 Å². The first-order chi connectivity index (χ1) is 19.8. The number of carbonyl (C=O) groups is 3. The summed E-state index contributed by atoms with van der Waals surface area (Å²) in [5.41, 5.74) is 0.268. The first-order valence-electron chi connectivity index (χ1n) is 15.2. The van der Waals surface area contributed by atoms with Gasteiger partial charge in [0.15, 0.2) is 0 Å².